The molecule has 1 aromatic heterocycles. The number of carbonyl (C=O) groups is 2. The molecule has 8 heteroatoms. The van der Waals surface area contributed by atoms with Crippen molar-refractivity contribution in [2.45, 2.75) is 13.8 Å². The van der Waals surface area contributed by atoms with Crippen molar-refractivity contribution in [2.75, 3.05) is 18.5 Å². The van der Waals surface area contributed by atoms with E-state index < -0.39 is 11.9 Å². The number of anilines is 1. The van der Waals surface area contributed by atoms with Gasteiger partial charge in [0.25, 0.3) is 0 Å². The van der Waals surface area contributed by atoms with Crippen molar-refractivity contribution in [2.24, 2.45) is 0 Å². The lowest BCUT2D eigenvalue weighted by Crippen LogP contribution is -2.07. The summed E-state index contributed by atoms with van der Waals surface area (Å²) in [5, 5.41) is 12.2. The number of nitrogens with zero attached hydrogens (tertiary/aromatic N) is 2. The molecule has 0 aliphatic heterocycles. The first-order chi connectivity index (χ1) is 12.6. The molecule has 0 aliphatic rings. The van der Waals surface area contributed by atoms with Crippen LogP contribution in [0.3, 0.4) is 0 Å². The molecule has 134 valence electrons. The smallest absolute Gasteiger partial charge is 0.350 e. The van der Waals surface area contributed by atoms with Crippen LogP contribution in [0.15, 0.2) is 42.1 Å². The molecule has 0 atom stereocenters. The van der Waals surface area contributed by atoms with E-state index in [-0.39, 0.29) is 18.8 Å². The molecule has 0 unspecified atom stereocenters. The van der Waals surface area contributed by atoms with Gasteiger partial charge in [-0.05, 0) is 13.8 Å². The summed E-state index contributed by atoms with van der Waals surface area (Å²) in [4.78, 5) is 28.6. The molecule has 0 saturated carbocycles. The highest BCUT2D eigenvalue weighted by Crippen LogP contribution is 2.31. The number of nitriles is 1. The first-order valence-electron chi connectivity index (χ1n) is 7.88. The van der Waals surface area contributed by atoms with E-state index in [1.807, 2.05) is 30.3 Å². The highest BCUT2D eigenvalue weighted by atomic mass is 32.1. The second kappa shape index (κ2) is 9.34. The molecule has 1 aromatic carbocycles. The zero-order valence-corrected chi connectivity index (χ0v) is 15.1. The fraction of sp³-hybridized carbons (Fsp3) is 0.222. The summed E-state index contributed by atoms with van der Waals surface area (Å²) in [5.74, 6) is -1.21. The van der Waals surface area contributed by atoms with Gasteiger partial charge in [-0.3, -0.25) is 0 Å². The van der Waals surface area contributed by atoms with Gasteiger partial charge in [-0.25, -0.2) is 14.6 Å². The van der Waals surface area contributed by atoms with E-state index in [0.717, 1.165) is 16.9 Å². The summed E-state index contributed by atoms with van der Waals surface area (Å²) in [5.41, 5.74) is 1.04. The summed E-state index contributed by atoms with van der Waals surface area (Å²) < 4.78 is 9.87. The van der Waals surface area contributed by atoms with Crippen molar-refractivity contribution in [3.8, 4) is 17.3 Å². The van der Waals surface area contributed by atoms with Crippen LogP contribution in [0.1, 0.15) is 23.5 Å². The molecule has 26 heavy (non-hydrogen) atoms. The number of ether oxygens (including phenoxy) is 2. The van der Waals surface area contributed by atoms with Crippen LogP contribution >= 0.6 is 11.3 Å². The predicted molar refractivity (Wildman–Crippen MR) is 97.5 cm³/mol. The summed E-state index contributed by atoms with van der Waals surface area (Å²) in [7, 11) is 0. The van der Waals surface area contributed by atoms with Gasteiger partial charge >= 0.3 is 11.9 Å². The molecule has 0 amide bonds. The third kappa shape index (κ3) is 4.68. The zero-order chi connectivity index (χ0) is 18.9. The molecule has 0 radical (unpaired) electrons. The Morgan fingerprint density at radius 2 is 1.92 bits per heavy atom. The van der Waals surface area contributed by atoms with Crippen molar-refractivity contribution >= 4 is 28.4 Å². The van der Waals surface area contributed by atoms with Gasteiger partial charge in [0, 0.05) is 11.8 Å². The largest absolute Gasteiger partial charge is 0.462 e. The van der Waals surface area contributed by atoms with Crippen LogP contribution in [0.2, 0.25) is 0 Å². The fourth-order valence-corrected chi connectivity index (χ4v) is 2.84. The van der Waals surface area contributed by atoms with Gasteiger partial charge in [0.2, 0.25) is 0 Å². The summed E-state index contributed by atoms with van der Waals surface area (Å²) in [6, 6.07) is 11.0. The fourth-order valence-electron chi connectivity index (χ4n) is 1.99. The molecule has 0 bridgehead atoms. The molecular weight excluding hydrogens is 354 g/mol. The standard InChI is InChI=1S/C18H17N3O4S/c1-3-24-16(22)13(10-19)11-20-18-21-14(12-8-6-5-7-9-12)15(26-18)17(23)25-4-2/h5-9,11H,3-4H2,1-2H3,(H,20,21). The monoisotopic (exact) mass is 371 g/mol. The molecule has 1 heterocycles. The Balaban J connectivity index is 2.34. The van der Waals surface area contributed by atoms with Gasteiger partial charge in [-0.15, -0.1) is 0 Å². The summed E-state index contributed by atoms with van der Waals surface area (Å²) in [6.07, 6.45) is 1.21. The van der Waals surface area contributed by atoms with Crippen LogP contribution in [0.4, 0.5) is 5.13 Å². The molecule has 7 nitrogen and oxygen atoms in total. The highest BCUT2D eigenvalue weighted by Gasteiger charge is 2.20. The SMILES string of the molecule is CCOC(=O)C(C#N)=CNc1nc(-c2ccccc2)c(C(=O)OCC)s1. The van der Waals surface area contributed by atoms with Crippen LogP contribution < -0.4 is 5.32 Å². The van der Waals surface area contributed by atoms with Crippen LogP contribution in [0.5, 0.6) is 0 Å². The summed E-state index contributed by atoms with van der Waals surface area (Å²) in [6.45, 7) is 3.79. The minimum Gasteiger partial charge on any atom is -0.462 e. The molecule has 0 aliphatic carbocycles. The number of rotatable bonds is 7. The van der Waals surface area contributed by atoms with Crippen molar-refractivity contribution in [3.05, 3.63) is 47.0 Å². The molecule has 0 spiro atoms. The number of carbonyl (C=O) groups excluding carboxylic acids is 2. The third-order valence-corrected chi connectivity index (χ3v) is 4.06. The maximum atomic E-state index is 12.2. The number of esters is 2. The maximum Gasteiger partial charge on any atom is 0.350 e. The number of aromatic nitrogens is 1. The first-order valence-corrected chi connectivity index (χ1v) is 8.69. The van der Waals surface area contributed by atoms with E-state index in [2.05, 4.69) is 10.3 Å². The Morgan fingerprint density at radius 3 is 2.54 bits per heavy atom. The number of hydrogen-bond donors (Lipinski definition) is 1. The van der Waals surface area contributed by atoms with Gasteiger partial charge in [-0.2, -0.15) is 5.26 Å². The average molecular weight is 371 g/mol. The molecule has 0 saturated heterocycles. The van der Waals surface area contributed by atoms with Gasteiger partial charge in [-0.1, -0.05) is 41.7 Å². The van der Waals surface area contributed by atoms with Crippen molar-refractivity contribution in [3.63, 3.8) is 0 Å². The average Bonchev–Trinajstić information content (AvgIpc) is 3.08. The predicted octanol–water partition coefficient (Wildman–Crippen LogP) is 3.37. The normalized spacial score (nSPS) is 10.7. The molecule has 2 rings (SSSR count). The van der Waals surface area contributed by atoms with Crippen molar-refractivity contribution in [1.29, 1.82) is 5.26 Å². The van der Waals surface area contributed by atoms with E-state index in [0.29, 0.717) is 15.7 Å². The Kier molecular flexibility index (Phi) is 6.88. The van der Waals surface area contributed by atoms with E-state index in [4.69, 9.17) is 14.7 Å². The van der Waals surface area contributed by atoms with Gasteiger partial charge in [0.15, 0.2) is 10.7 Å². The maximum absolute atomic E-state index is 12.2. The third-order valence-electron chi connectivity index (χ3n) is 3.09. The zero-order valence-electron chi connectivity index (χ0n) is 14.3. The summed E-state index contributed by atoms with van der Waals surface area (Å²) >= 11 is 1.08. The lowest BCUT2D eigenvalue weighted by atomic mass is 10.1. The van der Waals surface area contributed by atoms with Gasteiger partial charge in [0.1, 0.15) is 10.9 Å². The van der Waals surface area contributed by atoms with E-state index in [1.54, 1.807) is 19.9 Å². The number of thiazole rings is 1. The second-order valence-corrected chi connectivity index (χ2v) is 5.82. The Labute approximate surface area is 154 Å². The van der Waals surface area contributed by atoms with Gasteiger partial charge in [0.05, 0.1) is 18.9 Å². The minimum absolute atomic E-state index is 0.167. The van der Waals surface area contributed by atoms with E-state index in [9.17, 15) is 9.59 Å². The second-order valence-electron chi connectivity index (χ2n) is 4.82. The molecule has 2 aromatic rings. The van der Waals surface area contributed by atoms with Gasteiger partial charge < -0.3 is 14.8 Å². The Hall–Kier alpha value is -3.18. The quantitative estimate of drug-likeness (QED) is 0.452. The lowest BCUT2D eigenvalue weighted by molar-refractivity contribution is -0.138. The number of nitrogens with one attached hydrogen (secondary N) is 1. The minimum atomic E-state index is -0.729. The lowest BCUT2D eigenvalue weighted by Gasteiger charge is -2.01. The van der Waals surface area contributed by atoms with Crippen molar-refractivity contribution in [1.82, 2.24) is 4.98 Å². The van der Waals surface area contributed by atoms with Crippen LogP contribution in [0.25, 0.3) is 11.3 Å². The van der Waals surface area contributed by atoms with Crippen LogP contribution in [-0.2, 0) is 14.3 Å². The Bertz CT molecular complexity index is 853. The number of benzene rings is 1. The van der Waals surface area contributed by atoms with Crippen molar-refractivity contribution < 1.29 is 19.1 Å². The van der Waals surface area contributed by atoms with E-state index >= 15 is 0 Å². The van der Waals surface area contributed by atoms with Crippen LogP contribution in [-0.4, -0.2) is 30.1 Å². The first kappa shape index (κ1) is 19.1. The Morgan fingerprint density at radius 1 is 1.23 bits per heavy atom. The molecular formula is C18H17N3O4S. The van der Waals surface area contributed by atoms with Crippen LogP contribution in [0, 0.1) is 11.3 Å². The van der Waals surface area contributed by atoms with E-state index in [1.165, 1.54) is 6.20 Å². The number of hydrogen-bond acceptors (Lipinski definition) is 8. The highest BCUT2D eigenvalue weighted by molar-refractivity contribution is 7.17. The molecule has 1 N–H and O–H groups in total. The molecule has 0 fully saturated rings. The topological polar surface area (TPSA) is 101 Å².